The summed E-state index contributed by atoms with van der Waals surface area (Å²) in [6, 6.07) is 12.8. The monoisotopic (exact) mass is 327 g/mol. The van der Waals surface area contributed by atoms with Crippen molar-refractivity contribution in [2.24, 2.45) is 0 Å². The molecule has 2 aromatic rings. The van der Waals surface area contributed by atoms with Crippen LogP contribution in [0.3, 0.4) is 0 Å². The molecule has 0 amide bonds. The molecule has 1 N–H and O–H groups in total. The van der Waals surface area contributed by atoms with Crippen LogP contribution in [0.15, 0.2) is 36.4 Å². The molecular formula is C16H19Cl2NS. The predicted molar refractivity (Wildman–Crippen MR) is 90.2 cm³/mol. The van der Waals surface area contributed by atoms with Crippen molar-refractivity contribution < 1.29 is 0 Å². The Morgan fingerprint density at radius 3 is 2.35 bits per heavy atom. The first kappa shape index (κ1) is 15.8. The van der Waals surface area contributed by atoms with Crippen LogP contribution >= 0.6 is 34.5 Å². The Kier molecular flexibility index (Phi) is 5.91. The van der Waals surface area contributed by atoms with Crippen molar-refractivity contribution in [1.82, 2.24) is 5.32 Å². The molecule has 0 saturated heterocycles. The molecule has 1 nitrogen and oxygen atoms in total. The lowest BCUT2D eigenvalue weighted by Gasteiger charge is -2.27. The van der Waals surface area contributed by atoms with Gasteiger partial charge in [-0.05, 0) is 24.6 Å². The van der Waals surface area contributed by atoms with E-state index >= 15 is 0 Å². The van der Waals surface area contributed by atoms with Gasteiger partial charge >= 0.3 is 0 Å². The zero-order chi connectivity index (χ0) is 14.5. The van der Waals surface area contributed by atoms with E-state index < -0.39 is 0 Å². The summed E-state index contributed by atoms with van der Waals surface area (Å²) in [6.07, 6.45) is 1.05. The van der Waals surface area contributed by atoms with E-state index in [0.29, 0.717) is 5.92 Å². The first-order chi connectivity index (χ1) is 9.67. The summed E-state index contributed by atoms with van der Waals surface area (Å²) in [5.74, 6) is 0.388. The van der Waals surface area contributed by atoms with Gasteiger partial charge in [0, 0.05) is 17.5 Å². The van der Waals surface area contributed by atoms with Crippen LogP contribution in [0.25, 0.3) is 0 Å². The van der Waals surface area contributed by atoms with E-state index in [9.17, 15) is 0 Å². The molecule has 0 spiro atoms. The predicted octanol–water partition coefficient (Wildman–Crippen LogP) is 5.90. The minimum absolute atomic E-state index is 0.198. The topological polar surface area (TPSA) is 12.0 Å². The van der Waals surface area contributed by atoms with Gasteiger partial charge in [0.2, 0.25) is 0 Å². The Hall–Kier alpha value is -0.540. The maximum Gasteiger partial charge on any atom is 0.0992 e. The lowest BCUT2D eigenvalue weighted by atomic mass is 9.86. The van der Waals surface area contributed by atoms with Crippen LogP contribution in [0.5, 0.6) is 0 Å². The summed E-state index contributed by atoms with van der Waals surface area (Å²) >= 11 is 13.9. The largest absolute Gasteiger partial charge is 0.310 e. The Balaban J connectivity index is 2.38. The van der Waals surface area contributed by atoms with Crippen molar-refractivity contribution in [3.63, 3.8) is 0 Å². The van der Waals surface area contributed by atoms with Gasteiger partial charge in [-0.15, -0.1) is 11.3 Å². The van der Waals surface area contributed by atoms with Gasteiger partial charge in [-0.2, -0.15) is 0 Å². The Morgan fingerprint density at radius 1 is 1.15 bits per heavy atom. The molecular weight excluding hydrogens is 309 g/mol. The zero-order valence-electron chi connectivity index (χ0n) is 11.7. The van der Waals surface area contributed by atoms with Crippen molar-refractivity contribution in [2.45, 2.75) is 32.2 Å². The van der Waals surface area contributed by atoms with Crippen LogP contribution in [-0.4, -0.2) is 6.54 Å². The van der Waals surface area contributed by atoms with Crippen LogP contribution in [0.1, 0.15) is 43.4 Å². The first-order valence-corrected chi connectivity index (χ1v) is 8.47. The van der Waals surface area contributed by atoms with E-state index in [-0.39, 0.29) is 6.04 Å². The van der Waals surface area contributed by atoms with E-state index in [1.807, 2.05) is 12.1 Å². The number of thiophene rings is 1. The van der Waals surface area contributed by atoms with Crippen molar-refractivity contribution in [1.29, 1.82) is 0 Å². The Bertz CT molecular complexity index is 539. The second-order valence-corrected chi connectivity index (χ2v) is 7.03. The smallest absolute Gasteiger partial charge is 0.0992 e. The third kappa shape index (κ3) is 3.56. The molecule has 2 unspecified atom stereocenters. The highest BCUT2D eigenvalue weighted by atomic mass is 35.5. The lowest BCUT2D eigenvalue weighted by molar-refractivity contribution is 0.446. The second-order valence-electron chi connectivity index (χ2n) is 4.74. The maximum absolute atomic E-state index is 6.36. The first-order valence-electron chi connectivity index (χ1n) is 6.90. The zero-order valence-corrected chi connectivity index (χ0v) is 14.0. The van der Waals surface area contributed by atoms with E-state index in [2.05, 4.69) is 43.4 Å². The molecule has 0 aliphatic rings. The molecule has 108 valence electrons. The summed E-state index contributed by atoms with van der Waals surface area (Å²) in [5.41, 5.74) is 2.44. The minimum Gasteiger partial charge on any atom is -0.310 e. The highest BCUT2D eigenvalue weighted by Gasteiger charge is 2.25. The number of benzene rings is 1. The molecule has 1 heterocycles. The van der Waals surface area contributed by atoms with Crippen molar-refractivity contribution in [3.8, 4) is 0 Å². The van der Waals surface area contributed by atoms with Gasteiger partial charge in [-0.25, -0.2) is 0 Å². The summed E-state index contributed by atoms with van der Waals surface area (Å²) in [6.45, 7) is 5.23. The van der Waals surface area contributed by atoms with Gasteiger partial charge in [0.25, 0.3) is 0 Å². The second kappa shape index (κ2) is 7.46. The van der Waals surface area contributed by atoms with Gasteiger partial charge in [-0.3, -0.25) is 0 Å². The highest BCUT2D eigenvalue weighted by molar-refractivity contribution is 7.20. The van der Waals surface area contributed by atoms with Gasteiger partial charge in [0.1, 0.15) is 0 Å². The molecule has 2 atom stereocenters. The third-order valence-electron chi connectivity index (χ3n) is 3.51. The van der Waals surface area contributed by atoms with Gasteiger partial charge in [-0.1, -0.05) is 67.4 Å². The standard InChI is InChI=1S/C16H19Cl2NS/c1-3-12(11-8-6-5-7-9-11)15(19-4-2)13-10-14(17)20-16(13)18/h5-10,12,15,19H,3-4H2,1-2H3. The van der Waals surface area contributed by atoms with E-state index in [0.717, 1.165) is 27.2 Å². The van der Waals surface area contributed by atoms with Crippen molar-refractivity contribution >= 4 is 34.5 Å². The molecule has 0 saturated carbocycles. The Labute approximate surface area is 134 Å². The van der Waals surface area contributed by atoms with Crippen LogP contribution < -0.4 is 5.32 Å². The molecule has 2 rings (SSSR count). The minimum atomic E-state index is 0.198. The maximum atomic E-state index is 6.36. The van der Waals surface area contributed by atoms with Crippen LogP contribution in [0.4, 0.5) is 0 Å². The normalized spacial score (nSPS) is 14.2. The average molecular weight is 328 g/mol. The van der Waals surface area contributed by atoms with Crippen LogP contribution in [0.2, 0.25) is 8.67 Å². The summed E-state index contributed by atoms with van der Waals surface area (Å²) in [4.78, 5) is 0. The van der Waals surface area contributed by atoms with Gasteiger partial charge in [0.15, 0.2) is 0 Å². The number of halogens is 2. The fraction of sp³-hybridized carbons (Fsp3) is 0.375. The molecule has 0 aliphatic carbocycles. The lowest BCUT2D eigenvalue weighted by Crippen LogP contribution is -2.26. The molecule has 4 heteroatoms. The van der Waals surface area contributed by atoms with Crippen molar-refractivity contribution in [2.75, 3.05) is 6.54 Å². The molecule has 0 radical (unpaired) electrons. The fourth-order valence-corrected chi connectivity index (χ4v) is 4.17. The summed E-state index contributed by atoms with van der Waals surface area (Å²) in [5, 5.41) is 3.57. The summed E-state index contributed by atoms with van der Waals surface area (Å²) in [7, 11) is 0. The molecule has 1 aromatic heterocycles. The highest BCUT2D eigenvalue weighted by Crippen LogP contribution is 2.41. The molecule has 0 aliphatic heterocycles. The number of likely N-dealkylation sites (N-methyl/N-ethyl adjacent to an activating group) is 1. The number of hydrogen-bond acceptors (Lipinski definition) is 2. The molecule has 20 heavy (non-hydrogen) atoms. The molecule has 0 bridgehead atoms. The van der Waals surface area contributed by atoms with Crippen molar-refractivity contribution in [3.05, 3.63) is 56.2 Å². The van der Waals surface area contributed by atoms with Gasteiger partial charge in [0.05, 0.1) is 8.67 Å². The van der Waals surface area contributed by atoms with E-state index in [1.165, 1.54) is 16.9 Å². The number of hydrogen-bond donors (Lipinski definition) is 1. The van der Waals surface area contributed by atoms with Crippen LogP contribution in [0, 0.1) is 0 Å². The molecule has 0 fully saturated rings. The third-order valence-corrected chi connectivity index (χ3v) is 5.03. The quantitative estimate of drug-likeness (QED) is 0.696. The fourth-order valence-electron chi connectivity index (χ4n) is 2.62. The molecule has 1 aromatic carbocycles. The van der Waals surface area contributed by atoms with E-state index in [1.54, 1.807) is 0 Å². The number of nitrogens with one attached hydrogen (secondary N) is 1. The number of rotatable bonds is 6. The van der Waals surface area contributed by atoms with Crippen LogP contribution in [-0.2, 0) is 0 Å². The Morgan fingerprint density at radius 2 is 1.85 bits per heavy atom. The summed E-state index contributed by atoms with van der Waals surface area (Å²) < 4.78 is 1.53. The van der Waals surface area contributed by atoms with E-state index in [4.69, 9.17) is 23.2 Å². The average Bonchev–Trinajstić information content (AvgIpc) is 2.78. The SMILES string of the molecule is CCNC(c1cc(Cl)sc1Cl)C(CC)c1ccccc1. The van der Waals surface area contributed by atoms with Gasteiger partial charge < -0.3 is 5.32 Å².